The van der Waals surface area contributed by atoms with Gasteiger partial charge in [-0.2, -0.15) is 0 Å². The standard InChI is InChI=1S/C12H14N2O3/c1-9(15)13-7-3-2-4-10-5-6-11(12(16)17)14-8-10/h2,4-6,8H,3,7H2,1H3,(H,13,15)(H,16,17). The van der Waals surface area contributed by atoms with Crippen LogP contribution in [0.5, 0.6) is 0 Å². The van der Waals surface area contributed by atoms with E-state index in [4.69, 9.17) is 5.11 Å². The zero-order chi connectivity index (χ0) is 12.7. The van der Waals surface area contributed by atoms with E-state index >= 15 is 0 Å². The smallest absolute Gasteiger partial charge is 0.354 e. The maximum atomic E-state index is 10.6. The number of nitrogens with one attached hydrogen (secondary N) is 1. The predicted octanol–water partition coefficient (Wildman–Crippen LogP) is 1.32. The molecule has 1 heterocycles. The number of aromatic carboxylic acids is 1. The van der Waals surface area contributed by atoms with E-state index in [0.29, 0.717) is 6.54 Å². The van der Waals surface area contributed by atoms with Gasteiger partial charge in [-0.1, -0.05) is 18.2 Å². The lowest BCUT2D eigenvalue weighted by Crippen LogP contribution is -2.20. The van der Waals surface area contributed by atoms with Gasteiger partial charge in [-0.15, -0.1) is 0 Å². The van der Waals surface area contributed by atoms with Crippen LogP contribution in [0.2, 0.25) is 0 Å². The number of hydrogen-bond donors (Lipinski definition) is 2. The third kappa shape index (κ3) is 4.92. The number of rotatable bonds is 5. The van der Waals surface area contributed by atoms with E-state index in [2.05, 4.69) is 10.3 Å². The first-order valence-electron chi connectivity index (χ1n) is 5.20. The SMILES string of the molecule is CC(=O)NCCC=Cc1ccc(C(=O)O)nc1. The molecule has 0 fully saturated rings. The third-order valence-electron chi connectivity index (χ3n) is 2.00. The average Bonchev–Trinajstić information content (AvgIpc) is 2.29. The Morgan fingerprint density at radius 2 is 2.24 bits per heavy atom. The quantitative estimate of drug-likeness (QED) is 0.753. The molecule has 0 atom stereocenters. The molecule has 1 amide bonds. The lowest BCUT2D eigenvalue weighted by molar-refractivity contribution is -0.118. The van der Waals surface area contributed by atoms with Crippen molar-refractivity contribution in [2.75, 3.05) is 6.54 Å². The number of carbonyl (C=O) groups is 2. The summed E-state index contributed by atoms with van der Waals surface area (Å²) in [6, 6.07) is 3.14. The van der Waals surface area contributed by atoms with Crippen LogP contribution < -0.4 is 5.32 Å². The molecule has 0 spiro atoms. The number of amides is 1. The minimum atomic E-state index is -1.04. The molecule has 17 heavy (non-hydrogen) atoms. The number of hydrogen-bond acceptors (Lipinski definition) is 3. The van der Waals surface area contributed by atoms with E-state index in [1.165, 1.54) is 19.2 Å². The summed E-state index contributed by atoms with van der Waals surface area (Å²) in [5, 5.41) is 11.3. The molecule has 0 aliphatic carbocycles. The second-order valence-electron chi connectivity index (χ2n) is 3.46. The van der Waals surface area contributed by atoms with Gasteiger partial charge in [-0.05, 0) is 18.1 Å². The van der Waals surface area contributed by atoms with Gasteiger partial charge in [-0.25, -0.2) is 9.78 Å². The van der Waals surface area contributed by atoms with Crippen molar-refractivity contribution in [3.8, 4) is 0 Å². The normalized spacial score (nSPS) is 10.4. The summed E-state index contributed by atoms with van der Waals surface area (Å²) in [6.07, 6.45) is 5.95. The van der Waals surface area contributed by atoms with Crippen molar-refractivity contribution >= 4 is 18.0 Å². The van der Waals surface area contributed by atoms with Crippen molar-refractivity contribution in [2.45, 2.75) is 13.3 Å². The Morgan fingerprint density at radius 1 is 1.47 bits per heavy atom. The third-order valence-corrected chi connectivity index (χ3v) is 2.00. The van der Waals surface area contributed by atoms with E-state index in [0.717, 1.165) is 12.0 Å². The van der Waals surface area contributed by atoms with Crippen molar-refractivity contribution in [1.82, 2.24) is 10.3 Å². The van der Waals surface area contributed by atoms with Crippen molar-refractivity contribution in [3.63, 3.8) is 0 Å². The topological polar surface area (TPSA) is 79.3 Å². The Balaban J connectivity index is 2.43. The number of carbonyl (C=O) groups excluding carboxylic acids is 1. The molecule has 5 nitrogen and oxygen atoms in total. The van der Waals surface area contributed by atoms with Crippen LogP contribution in [0.4, 0.5) is 0 Å². The summed E-state index contributed by atoms with van der Waals surface area (Å²) >= 11 is 0. The fourth-order valence-corrected chi connectivity index (χ4v) is 1.18. The highest BCUT2D eigenvalue weighted by molar-refractivity contribution is 5.85. The largest absolute Gasteiger partial charge is 0.477 e. The molecule has 0 bridgehead atoms. The molecular weight excluding hydrogens is 220 g/mol. The van der Waals surface area contributed by atoms with E-state index in [1.54, 1.807) is 6.07 Å². The highest BCUT2D eigenvalue weighted by Crippen LogP contribution is 2.03. The number of pyridine rings is 1. The second-order valence-corrected chi connectivity index (χ2v) is 3.46. The average molecular weight is 234 g/mol. The molecule has 2 N–H and O–H groups in total. The molecule has 1 aromatic rings. The van der Waals surface area contributed by atoms with Gasteiger partial charge in [0, 0.05) is 19.7 Å². The molecule has 0 aromatic carbocycles. The minimum absolute atomic E-state index is 0.0281. The summed E-state index contributed by atoms with van der Waals surface area (Å²) in [7, 11) is 0. The van der Waals surface area contributed by atoms with Crippen LogP contribution >= 0.6 is 0 Å². The molecule has 0 saturated heterocycles. The van der Waals surface area contributed by atoms with Crippen LogP contribution in [-0.4, -0.2) is 28.5 Å². The van der Waals surface area contributed by atoms with Gasteiger partial charge in [0.2, 0.25) is 5.91 Å². The summed E-state index contributed by atoms with van der Waals surface area (Å²) in [4.78, 5) is 24.9. The van der Waals surface area contributed by atoms with Gasteiger partial charge < -0.3 is 10.4 Å². The molecule has 1 rings (SSSR count). The predicted molar refractivity (Wildman–Crippen MR) is 63.5 cm³/mol. The lowest BCUT2D eigenvalue weighted by Gasteiger charge is -1.97. The van der Waals surface area contributed by atoms with Crippen LogP contribution in [0.25, 0.3) is 6.08 Å². The maximum absolute atomic E-state index is 10.6. The number of aromatic nitrogens is 1. The van der Waals surface area contributed by atoms with E-state index in [1.807, 2.05) is 12.2 Å². The Kier molecular flexibility index (Phi) is 4.87. The van der Waals surface area contributed by atoms with Gasteiger partial charge in [0.1, 0.15) is 5.69 Å². The zero-order valence-electron chi connectivity index (χ0n) is 9.51. The summed E-state index contributed by atoms with van der Waals surface area (Å²) < 4.78 is 0. The Labute approximate surface area is 99.2 Å². The summed E-state index contributed by atoms with van der Waals surface area (Å²) in [6.45, 7) is 2.06. The van der Waals surface area contributed by atoms with Crippen molar-refractivity contribution in [1.29, 1.82) is 0 Å². The maximum Gasteiger partial charge on any atom is 0.354 e. The molecule has 5 heteroatoms. The molecular formula is C12H14N2O3. The van der Waals surface area contributed by atoms with E-state index in [-0.39, 0.29) is 11.6 Å². The number of nitrogens with zero attached hydrogens (tertiary/aromatic N) is 1. The van der Waals surface area contributed by atoms with Crippen LogP contribution in [-0.2, 0) is 4.79 Å². The molecule has 1 aromatic heterocycles. The highest BCUT2D eigenvalue weighted by atomic mass is 16.4. The Hall–Kier alpha value is -2.17. The van der Waals surface area contributed by atoms with Crippen LogP contribution in [0.1, 0.15) is 29.4 Å². The summed E-state index contributed by atoms with van der Waals surface area (Å²) in [5.74, 6) is -1.09. The first-order chi connectivity index (χ1) is 8.09. The van der Waals surface area contributed by atoms with Crippen molar-refractivity contribution in [3.05, 3.63) is 35.7 Å². The van der Waals surface area contributed by atoms with Gasteiger partial charge >= 0.3 is 5.97 Å². The highest BCUT2D eigenvalue weighted by Gasteiger charge is 2.01. The molecule has 90 valence electrons. The molecule has 0 aliphatic rings. The first-order valence-corrected chi connectivity index (χ1v) is 5.20. The zero-order valence-corrected chi connectivity index (χ0v) is 9.51. The van der Waals surface area contributed by atoms with Crippen molar-refractivity contribution in [2.24, 2.45) is 0 Å². The Bertz CT molecular complexity index is 424. The van der Waals surface area contributed by atoms with E-state index in [9.17, 15) is 9.59 Å². The fraction of sp³-hybridized carbons (Fsp3) is 0.250. The second kappa shape index (κ2) is 6.42. The molecule has 0 aliphatic heterocycles. The van der Waals surface area contributed by atoms with Crippen LogP contribution in [0.3, 0.4) is 0 Å². The Morgan fingerprint density at radius 3 is 2.76 bits per heavy atom. The fourth-order valence-electron chi connectivity index (χ4n) is 1.18. The van der Waals surface area contributed by atoms with Gasteiger partial charge in [0.05, 0.1) is 0 Å². The van der Waals surface area contributed by atoms with Crippen molar-refractivity contribution < 1.29 is 14.7 Å². The molecule has 0 unspecified atom stereocenters. The number of carboxylic acid groups (broad SMARTS) is 1. The van der Waals surface area contributed by atoms with Gasteiger partial charge in [-0.3, -0.25) is 4.79 Å². The lowest BCUT2D eigenvalue weighted by atomic mass is 10.2. The monoisotopic (exact) mass is 234 g/mol. The molecule has 0 radical (unpaired) electrons. The van der Waals surface area contributed by atoms with Gasteiger partial charge in [0.25, 0.3) is 0 Å². The van der Waals surface area contributed by atoms with Crippen LogP contribution in [0.15, 0.2) is 24.4 Å². The number of carboxylic acids is 1. The van der Waals surface area contributed by atoms with Gasteiger partial charge in [0.15, 0.2) is 0 Å². The van der Waals surface area contributed by atoms with Crippen LogP contribution in [0, 0.1) is 0 Å². The van der Waals surface area contributed by atoms with E-state index < -0.39 is 5.97 Å². The summed E-state index contributed by atoms with van der Waals surface area (Å²) in [5.41, 5.74) is 0.859. The first kappa shape index (κ1) is 12.9. The molecule has 0 saturated carbocycles. The minimum Gasteiger partial charge on any atom is -0.477 e.